The lowest BCUT2D eigenvalue weighted by Gasteiger charge is -2.13. The summed E-state index contributed by atoms with van der Waals surface area (Å²) in [5.74, 6) is -0.345. The molecule has 1 aliphatic carbocycles. The van der Waals surface area contributed by atoms with Gasteiger partial charge >= 0.3 is 0 Å². The number of hydrogen-bond acceptors (Lipinski definition) is 2. The van der Waals surface area contributed by atoms with Crippen LogP contribution in [0.4, 0.5) is 0 Å². The number of nitrogens with zero attached hydrogens (tertiary/aromatic N) is 1. The summed E-state index contributed by atoms with van der Waals surface area (Å²) >= 11 is 0. The van der Waals surface area contributed by atoms with E-state index in [2.05, 4.69) is 29.3 Å². The van der Waals surface area contributed by atoms with E-state index < -0.39 is 5.91 Å². The summed E-state index contributed by atoms with van der Waals surface area (Å²) in [5, 5.41) is 0. The van der Waals surface area contributed by atoms with Gasteiger partial charge in [0.1, 0.15) is 0 Å². The second kappa shape index (κ2) is 4.11. The largest absolute Gasteiger partial charge is 0.366 e. The summed E-state index contributed by atoms with van der Waals surface area (Å²) in [5.41, 5.74) is 9.19. The monoisotopic (exact) mass is 236 g/mol. The maximum Gasteiger partial charge on any atom is 0.249 e. The molecule has 0 spiro atoms. The van der Waals surface area contributed by atoms with E-state index in [4.69, 9.17) is 5.73 Å². The van der Waals surface area contributed by atoms with E-state index in [1.165, 1.54) is 11.1 Å². The van der Waals surface area contributed by atoms with Gasteiger partial charge in [0.05, 0.1) is 0 Å². The third kappa shape index (κ3) is 1.61. The molecule has 0 aliphatic heterocycles. The molecule has 1 aromatic carbocycles. The van der Waals surface area contributed by atoms with Crippen molar-refractivity contribution in [2.24, 2.45) is 5.73 Å². The molecular weight excluding hydrogens is 224 g/mol. The zero-order chi connectivity index (χ0) is 12.5. The van der Waals surface area contributed by atoms with Crippen LogP contribution in [0.15, 0.2) is 48.8 Å². The van der Waals surface area contributed by atoms with Gasteiger partial charge in [-0.25, -0.2) is 0 Å². The molecule has 88 valence electrons. The summed E-state index contributed by atoms with van der Waals surface area (Å²) < 4.78 is 0. The van der Waals surface area contributed by atoms with Crippen molar-refractivity contribution in [2.75, 3.05) is 0 Å². The first-order valence-corrected chi connectivity index (χ1v) is 5.78. The summed E-state index contributed by atoms with van der Waals surface area (Å²) in [4.78, 5) is 15.6. The van der Waals surface area contributed by atoms with Crippen molar-refractivity contribution >= 4 is 12.0 Å². The molecule has 0 saturated heterocycles. The molecule has 1 unspecified atom stereocenters. The fourth-order valence-corrected chi connectivity index (χ4v) is 2.40. The highest BCUT2D eigenvalue weighted by Crippen LogP contribution is 2.36. The second-order valence-corrected chi connectivity index (χ2v) is 4.29. The summed E-state index contributed by atoms with van der Waals surface area (Å²) in [7, 11) is 0. The van der Waals surface area contributed by atoms with Gasteiger partial charge in [-0.15, -0.1) is 0 Å². The van der Waals surface area contributed by atoms with Crippen LogP contribution in [0.2, 0.25) is 0 Å². The van der Waals surface area contributed by atoms with E-state index in [1.807, 2.05) is 12.1 Å². The highest BCUT2D eigenvalue weighted by Gasteiger charge is 2.22. The highest BCUT2D eigenvalue weighted by molar-refractivity contribution is 5.94. The second-order valence-electron chi connectivity index (χ2n) is 4.29. The predicted octanol–water partition coefficient (Wildman–Crippen LogP) is 2.34. The van der Waals surface area contributed by atoms with Crippen LogP contribution in [0.3, 0.4) is 0 Å². The van der Waals surface area contributed by atoms with Crippen LogP contribution in [0.25, 0.3) is 6.08 Å². The fourth-order valence-electron chi connectivity index (χ4n) is 2.40. The van der Waals surface area contributed by atoms with E-state index >= 15 is 0 Å². The summed E-state index contributed by atoms with van der Waals surface area (Å²) in [6, 6.07) is 9.80. The molecule has 1 aromatic heterocycles. The predicted molar refractivity (Wildman–Crippen MR) is 70.1 cm³/mol. The minimum atomic E-state index is -0.412. The van der Waals surface area contributed by atoms with Gasteiger partial charge in [0.2, 0.25) is 5.91 Å². The van der Waals surface area contributed by atoms with Crippen LogP contribution in [0.5, 0.6) is 0 Å². The van der Waals surface area contributed by atoms with Crippen molar-refractivity contribution in [3.05, 3.63) is 71.1 Å². The van der Waals surface area contributed by atoms with Crippen LogP contribution in [-0.2, 0) is 0 Å². The standard InChI is InChI=1S/C15H12N2O/c16-15(18)13-7-8-17-9-14(13)12-6-5-10-3-1-2-4-11(10)12/h1-9,12H,(H2,16,18). The van der Waals surface area contributed by atoms with Gasteiger partial charge in [-0.05, 0) is 22.8 Å². The molecule has 0 bridgehead atoms. The third-order valence-corrected chi connectivity index (χ3v) is 3.25. The summed E-state index contributed by atoms with van der Waals surface area (Å²) in [6.07, 6.45) is 7.46. The Kier molecular flexibility index (Phi) is 2.45. The Morgan fingerprint density at radius 3 is 2.83 bits per heavy atom. The fraction of sp³-hybridized carbons (Fsp3) is 0.0667. The number of carbonyl (C=O) groups excluding carboxylic acids is 1. The van der Waals surface area contributed by atoms with Gasteiger partial charge in [-0.3, -0.25) is 9.78 Å². The number of nitrogens with two attached hydrogens (primary N) is 1. The molecule has 0 fully saturated rings. The van der Waals surface area contributed by atoms with Crippen molar-refractivity contribution in [3.8, 4) is 0 Å². The lowest BCUT2D eigenvalue weighted by Crippen LogP contribution is -2.15. The minimum Gasteiger partial charge on any atom is -0.366 e. The van der Waals surface area contributed by atoms with Gasteiger partial charge < -0.3 is 5.73 Å². The SMILES string of the molecule is NC(=O)c1ccncc1C1C=Cc2ccccc21. The van der Waals surface area contributed by atoms with Gasteiger partial charge in [0, 0.05) is 23.9 Å². The Morgan fingerprint density at radius 2 is 2.00 bits per heavy atom. The Labute approximate surface area is 105 Å². The van der Waals surface area contributed by atoms with Gasteiger partial charge in [0.25, 0.3) is 0 Å². The van der Waals surface area contributed by atoms with Crippen LogP contribution in [-0.4, -0.2) is 10.9 Å². The number of allylic oxidation sites excluding steroid dienone is 1. The molecule has 1 amide bonds. The van der Waals surface area contributed by atoms with Crippen molar-refractivity contribution in [2.45, 2.75) is 5.92 Å². The molecule has 3 nitrogen and oxygen atoms in total. The van der Waals surface area contributed by atoms with Crippen LogP contribution in [0.1, 0.15) is 33.0 Å². The smallest absolute Gasteiger partial charge is 0.249 e. The molecular formula is C15H12N2O. The Hall–Kier alpha value is -2.42. The molecule has 2 N–H and O–H groups in total. The molecule has 0 radical (unpaired) electrons. The third-order valence-electron chi connectivity index (χ3n) is 3.25. The molecule has 3 heteroatoms. The average molecular weight is 236 g/mol. The zero-order valence-corrected chi connectivity index (χ0v) is 9.71. The maximum atomic E-state index is 11.5. The molecule has 1 heterocycles. The van der Waals surface area contributed by atoms with E-state index in [9.17, 15) is 4.79 Å². The maximum absolute atomic E-state index is 11.5. The van der Waals surface area contributed by atoms with Crippen molar-refractivity contribution in [1.82, 2.24) is 4.98 Å². The number of pyridine rings is 1. The first-order valence-electron chi connectivity index (χ1n) is 5.78. The number of hydrogen-bond donors (Lipinski definition) is 1. The van der Waals surface area contributed by atoms with E-state index in [0.29, 0.717) is 5.56 Å². The molecule has 1 atom stereocenters. The zero-order valence-electron chi connectivity index (χ0n) is 9.71. The van der Waals surface area contributed by atoms with Gasteiger partial charge in [-0.2, -0.15) is 0 Å². The Morgan fingerprint density at radius 1 is 1.17 bits per heavy atom. The van der Waals surface area contributed by atoms with Crippen LogP contribution in [0, 0.1) is 0 Å². The molecule has 0 saturated carbocycles. The number of amides is 1. The van der Waals surface area contributed by atoms with Crippen LogP contribution >= 0.6 is 0 Å². The first-order chi connectivity index (χ1) is 8.77. The number of aromatic nitrogens is 1. The Bertz CT molecular complexity index is 646. The average Bonchev–Trinajstić information content (AvgIpc) is 2.82. The first kappa shape index (κ1) is 10.7. The van der Waals surface area contributed by atoms with Crippen LogP contribution < -0.4 is 5.73 Å². The summed E-state index contributed by atoms with van der Waals surface area (Å²) in [6.45, 7) is 0. The number of rotatable bonds is 2. The van der Waals surface area contributed by atoms with Gasteiger partial charge in [-0.1, -0.05) is 36.4 Å². The number of carbonyl (C=O) groups is 1. The lowest BCUT2D eigenvalue weighted by atomic mass is 9.91. The number of fused-ring (bicyclic) bond motifs is 1. The molecule has 18 heavy (non-hydrogen) atoms. The van der Waals surface area contributed by atoms with Crippen molar-refractivity contribution < 1.29 is 4.79 Å². The van der Waals surface area contributed by atoms with E-state index in [1.54, 1.807) is 18.5 Å². The Balaban J connectivity index is 2.14. The number of benzene rings is 1. The topological polar surface area (TPSA) is 56.0 Å². The molecule has 2 aromatic rings. The van der Waals surface area contributed by atoms with Crippen molar-refractivity contribution in [1.29, 1.82) is 0 Å². The molecule has 1 aliphatic rings. The minimum absolute atomic E-state index is 0.0670. The van der Waals surface area contributed by atoms with Crippen molar-refractivity contribution in [3.63, 3.8) is 0 Å². The highest BCUT2D eigenvalue weighted by atomic mass is 16.1. The normalized spacial score (nSPS) is 16.6. The van der Waals surface area contributed by atoms with E-state index in [-0.39, 0.29) is 5.92 Å². The quantitative estimate of drug-likeness (QED) is 0.870. The molecule has 3 rings (SSSR count). The lowest BCUT2D eigenvalue weighted by molar-refractivity contribution is 0.0999. The van der Waals surface area contributed by atoms with Gasteiger partial charge in [0.15, 0.2) is 0 Å². The van der Waals surface area contributed by atoms with E-state index in [0.717, 1.165) is 5.56 Å². The number of primary amides is 1.